The van der Waals surface area contributed by atoms with Crippen molar-refractivity contribution in [2.45, 2.75) is 43.0 Å². The molecule has 1 aliphatic heterocycles. The maximum atomic E-state index is 13.6. The monoisotopic (exact) mass is 717 g/mol. The van der Waals surface area contributed by atoms with E-state index in [1.54, 1.807) is 24.5 Å². The van der Waals surface area contributed by atoms with E-state index < -0.39 is 15.4 Å². The van der Waals surface area contributed by atoms with E-state index in [0.29, 0.717) is 24.4 Å². The van der Waals surface area contributed by atoms with Crippen molar-refractivity contribution in [1.29, 1.82) is 0 Å². The largest absolute Gasteiger partial charge is 0.489 e. The van der Waals surface area contributed by atoms with Crippen LogP contribution in [0.25, 0.3) is 10.9 Å². The van der Waals surface area contributed by atoms with Crippen molar-refractivity contribution in [2.24, 2.45) is 0 Å². The third-order valence-electron chi connectivity index (χ3n) is 8.09. The Bertz CT molecular complexity index is 2000. The van der Waals surface area contributed by atoms with Gasteiger partial charge in [0.15, 0.2) is 20.5 Å². The maximum Gasteiger partial charge on any atom is 0.196 e. The number of halogens is 2. The van der Waals surface area contributed by atoms with Gasteiger partial charge in [0.25, 0.3) is 0 Å². The van der Waals surface area contributed by atoms with Crippen molar-refractivity contribution in [3.8, 4) is 5.75 Å². The summed E-state index contributed by atoms with van der Waals surface area (Å²) < 4.78 is 52.3. The van der Waals surface area contributed by atoms with Crippen molar-refractivity contribution in [2.75, 3.05) is 17.6 Å². The van der Waals surface area contributed by atoms with E-state index in [2.05, 4.69) is 48.4 Å². The van der Waals surface area contributed by atoms with E-state index >= 15 is 0 Å². The molecule has 0 radical (unpaired) electrons. The Hall–Kier alpha value is -4.39. The molecule has 1 aliphatic rings. The van der Waals surface area contributed by atoms with Gasteiger partial charge in [0, 0.05) is 30.2 Å². The number of anilines is 2. The van der Waals surface area contributed by atoms with Crippen LogP contribution in [-0.4, -0.2) is 41.7 Å². The van der Waals surface area contributed by atoms with Gasteiger partial charge in [0.05, 0.1) is 28.0 Å². The summed E-state index contributed by atoms with van der Waals surface area (Å²) in [6, 6.07) is 22.6. The van der Waals surface area contributed by atoms with Gasteiger partial charge in [-0.3, -0.25) is 0 Å². The fourth-order valence-corrected chi connectivity index (χ4v) is 7.33. The Labute approximate surface area is 281 Å². The van der Waals surface area contributed by atoms with Crippen LogP contribution >= 0.6 is 15.9 Å². The molecule has 0 fully saturated rings. The fourth-order valence-electron chi connectivity index (χ4n) is 5.73. The molecule has 0 amide bonds. The van der Waals surface area contributed by atoms with E-state index in [-0.39, 0.29) is 35.8 Å². The first kappa shape index (κ1) is 32.5. The van der Waals surface area contributed by atoms with E-state index in [4.69, 9.17) is 9.47 Å². The van der Waals surface area contributed by atoms with E-state index in [9.17, 15) is 12.8 Å². The average Bonchev–Trinajstić information content (AvgIpc) is 3.58. The fraction of sp³-hybridized carbons (Fsp3) is 0.229. The highest BCUT2D eigenvalue weighted by Gasteiger charge is 2.43. The maximum absolute atomic E-state index is 13.6. The van der Waals surface area contributed by atoms with Crippen molar-refractivity contribution in [3.63, 3.8) is 0 Å². The Morgan fingerprint density at radius 2 is 1.94 bits per heavy atom. The highest BCUT2D eigenvalue weighted by molar-refractivity contribution is 9.10. The Kier molecular flexibility index (Phi) is 9.81. The zero-order chi connectivity index (χ0) is 32.9. The summed E-state index contributed by atoms with van der Waals surface area (Å²) in [7, 11) is -3.54. The topological polar surface area (TPSA) is 115 Å². The van der Waals surface area contributed by atoms with Crippen molar-refractivity contribution in [3.05, 3.63) is 125 Å². The summed E-state index contributed by atoms with van der Waals surface area (Å²) in [5.74, 6) is 0.836. The van der Waals surface area contributed by atoms with Gasteiger partial charge in [-0.15, -0.1) is 0 Å². The zero-order valence-electron chi connectivity index (χ0n) is 25.6. The molecule has 5 aromatic rings. The Balaban J connectivity index is 1.21. The van der Waals surface area contributed by atoms with Gasteiger partial charge < -0.3 is 20.1 Å². The van der Waals surface area contributed by atoms with Gasteiger partial charge in [-0.05, 0) is 94.2 Å². The van der Waals surface area contributed by atoms with Crippen molar-refractivity contribution >= 4 is 48.2 Å². The van der Waals surface area contributed by atoms with Gasteiger partial charge in [0.1, 0.15) is 30.3 Å². The quantitative estimate of drug-likeness (QED) is 0.130. The van der Waals surface area contributed by atoms with Crippen LogP contribution in [0.3, 0.4) is 0 Å². The molecule has 0 bridgehead atoms. The van der Waals surface area contributed by atoms with Crippen molar-refractivity contribution < 1.29 is 22.3 Å². The minimum absolute atomic E-state index is 0.0657. The van der Waals surface area contributed by atoms with Gasteiger partial charge >= 0.3 is 0 Å². The highest BCUT2D eigenvalue weighted by atomic mass is 79.9. The molecule has 0 spiro atoms. The SMILES string of the molecule is CCC(NCCS(=O)(=O)c1ccccn1)C1(c2ccc3ncnc(Nc4ccc(OCc5cccc(F)c5)c(Br)c4)c3c2)CC=CO1. The third-order valence-corrected chi connectivity index (χ3v) is 10.3. The first-order chi connectivity index (χ1) is 22.8. The van der Waals surface area contributed by atoms with Crippen LogP contribution in [0.4, 0.5) is 15.9 Å². The summed E-state index contributed by atoms with van der Waals surface area (Å²) in [5.41, 5.74) is 2.42. The second kappa shape index (κ2) is 14.2. The van der Waals surface area contributed by atoms with Crippen LogP contribution in [0.2, 0.25) is 0 Å². The Morgan fingerprint density at radius 3 is 2.68 bits per heavy atom. The lowest BCUT2D eigenvalue weighted by Gasteiger charge is -2.37. The summed E-state index contributed by atoms with van der Waals surface area (Å²) >= 11 is 3.59. The highest BCUT2D eigenvalue weighted by Crippen LogP contribution is 2.41. The summed E-state index contributed by atoms with van der Waals surface area (Å²) in [5, 5.41) is 7.73. The molecule has 2 atom stereocenters. The van der Waals surface area contributed by atoms with Gasteiger partial charge in [0.2, 0.25) is 0 Å². The lowest BCUT2D eigenvalue weighted by Crippen LogP contribution is -2.49. The molecular weight excluding hydrogens is 685 g/mol. The smallest absolute Gasteiger partial charge is 0.196 e. The van der Waals surface area contributed by atoms with Crippen LogP contribution in [0, 0.1) is 5.82 Å². The molecule has 0 aliphatic carbocycles. The number of aromatic nitrogens is 3. The molecule has 6 rings (SSSR count). The molecule has 2 unspecified atom stereocenters. The van der Waals surface area contributed by atoms with E-state index in [1.807, 2.05) is 48.5 Å². The minimum Gasteiger partial charge on any atom is -0.489 e. The van der Waals surface area contributed by atoms with Gasteiger partial charge in [-0.1, -0.05) is 31.2 Å². The summed E-state index contributed by atoms with van der Waals surface area (Å²) in [4.78, 5) is 13.1. The van der Waals surface area contributed by atoms with Crippen LogP contribution in [0.1, 0.15) is 30.9 Å². The molecule has 0 saturated carbocycles. The van der Waals surface area contributed by atoms with Crippen LogP contribution < -0.4 is 15.4 Å². The molecule has 3 aromatic carbocycles. The normalized spacial score (nSPS) is 16.6. The first-order valence-electron chi connectivity index (χ1n) is 15.2. The molecular formula is C35H33BrFN5O4S. The predicted octanol–water partition coefficient (Wildman–Crippen LogP) is 7.22. The van der Waals surface area contributed by atoms with Crippen LogP contribution in [0.5, 0.6) is 5.75 Å². The number of hydrogen-bond donors (Lipinski definition) is 2. The molecule has 242 valence electrons. The second-order valence-corrected chi connectivity index (χ2v) is 14.0. The molecule has 3 heterocycles. The molecule has 47 heavy (non-hydrogen) atoms. The first-order valence-corrected chi connectivity index (χ1v) is 17.6. The molecule has 2 N–H and O–H groups in total. The standard InChI is InChI=1S/C35H33BrFN5O4S/c1-2-32(38-16-18-47(43,44)33-9-3-4-15-39-33)35(14-6-17-46-35)25-10-12-30-28(20-25)34(41-23-40-30)42-27-11-13-31(29(36)21-27)45-22-24-7-5-8-26(37)19-24/h3-13,15,17,19-21,23,32,38H,2,14,16,18,22H2,1H3,(H,40,41,42). The van der Waals surface area contributed by atoms with Crippen LogP contribution in [-0.2, 0) is 26.8 Å². The van der Waals surface area contributed by atoms with E-state index in [0.717, 1.165) is 32.2 Å². The van der Waals surface area contributed by atoms with E-state index in [1.165, 1.54) is 30.7 Å². The second-order valence-electron chi connectivity index (χ2n) is 11.1. The Morgan fingerprint density at radius 1 is 1.04 bits per heavy atom. The number of pyridine rings is 1. The number of ether oxygens (including phenoxy) is 2. The molecule has 9 nitrogen and oxygen atoms in total. The minimum atomic E-state index is -3.54. The molecule has 0 saturated heterocycles. The number of hydrogen-bond acceptors (Lipinski definition) is 9. The lowest BCUT2D eigenvalue weighted by atomic mass is 9.82. The van der Waals surface area contributed by atoms with Crippen LogP contribution in [0.15, 0.2) is 113 Å². The number of rotatable bonds is 13. The number of sulfone groups is 1. The predicted molar refractivity (Wildman–Crippen MR) is 183 cm³/mol. The van der Waals surface area contributed by atoms with Gasteiger partial charge in [-0.25, -0.2) is 27.8 Å². The molecule has 2 aromatic heterocycles. The zero-order valence-corrected chi connectivity index (χ0v) is 28.0. The molecule has 12 heteroatoms. The number of nitrogens with zero attached hydrogens (tertiary/aromatic N) is 3. The number of benzene rings is 3. The number of fused-ring (bicyclic) bond motifs is 1. The van der Waals surface area contributed by atoms with Gasteiger partial charge in [-0.2, -0.15) is 0 Å². The lowest BCUT2D eigenvalue weighted by molar-refractivity contribution is 0.00158. The number of nitrogens with one attached hydrogen (secondary N) is 2. The third kappa shape index (κ3) is 7.29. The summed E-state index contributed by atoms with van der Waals surface area (Å²) in [6.45, 7) is 2.52. The average molecular weight is 719 g/mol. The summed E-state index contributed by atoms with van der Waals surface area (Å²) in [6.07, 6.45) is 7.98. The van der Waals surface area contributed by atoms with Crippen molar-refractivity contribution in [1.82, 2.24) is 20.3 Å².